The maximum absolute atomic E-state index is 6.48. The van der Waals surface area contributed by atoms with Gasteiger partial charge in [-0.15, -0.1) is 0 Å². The molecule has 0 atom stereocenters. The number of benzene rings is 2. The molecule has 3 heterocycles. The molecule has 4 nitrogen and oxygen atoms in total. The third kappa shape index (κ3) is 3.07. The molecule has 4 aromatic rings. The Labute approximate surface area is 173 Å². The van der Waals surface area contributed by atoms with Crippen molar-refractivity contribution in [1.82, 2.24) is 14.2 Å². The second-order valence-corrected chi connectivity index (χ2v) is 8.00. The number of aromatic nitrogens is 3. The molecule has 1 aliphatic rings. The van der Waals surface area contributed by atoms with Gasteiger partial charge < -0.3 is 9.88 Å². The van der Waals surface area contributed by atoms with Gasteiger partial charge in [0.25, 0.3) is 0 Å². The summed E-state index contributed by atoms with van der Waals surface area (Å²) in [5, 5.41) is 9.86. The van der Waals surface area contributed by atoms with Crippen molar-refractivity contribution in [3.63, 3.8) is 0 Å². The number of anilines is 1. The first-order chi connectivity index (χ1) is 13.7. The van der Waals surface area contributed by atoms with Crippen LogP contribution in [-0.2, 0) is 19.5 Å². The van der Waals surface area contributed by atoms with E-state index in [2.05, 4.69) is 22.1 Å². The molecule has 0 saturated carbocycles. The molecule has 28 heavy (non-hydrogen) atoms. The summed E-state index contributed by atoms with van der Waals surface area (Å²) in [5.41, 5.74) is 5.85. The molecule has 0 amide bonds. The number of rotatable bonds is 4. The summed E-state index contributed by atoms with van der Waals surface area (Å²) >= 11 is 12.5. The number of hydrogen-bond donors (Lipinski definition) is 1. The zero-order valence-electron chi connectivity index (χ0n) is 15.3. The van der Waals surface area contributed by atoms with E-state index in [1.54, 1.807) is 0 Å². The van der Waals surface area contributed by atoms with Crippen molar-refractivity contribution in [2.24, 2.45) is 0 Å². The summed E-state index contributed by atoms with van der Waals surface area (Å²) in [5.74, 6) is 1.04. The third-order valence-electron chi connectivity index (χ3n) is 5.37. The molecule has 0 unspecified atom stereocenters. The summed E-state index contributed by atoms with van der Waals surface area (Å²) in [4.78, 5) is 0. The lowest BCUT2D eigenvalue weighted by Crippen LogP contribution is -2.09. The number of nitrogens with one attached hydrogen (secondary N) is 1. The van der Waals surface area contributed by atoms with E-state index in [4.69, 9.17) is 28.3 Å². The van der Waals surface area contributed by atoms with Crippen molar-refractivity contribution < 1.29 is 0 Å². The molecule has 6 heteroatoms. The van der Waals surface area contributed by atoms with Crippen molar-refractivity contribution in [1.29, 1.82) is 0 Å². The SMILES string of the molecule is Clc1ccc(NCc2nn3cc(-c4ccccc4Cl)c4c3n2CCCC4)cc1. The van der Waals surface area contributed by atoms with Crippen molar-refractivity contribution in [3.8, 4) is 11.1 Å². The van der Waals surface area contributed by atoms with Crippen molar-refractivity contribution in [2.75, 3.05) is 5.32 Å². The molecule has 0 aliphatic carbocycles. The fourth-order valence-corrected chi connectivity index (χ4v) is 4.39. The summed E-state index contributed by atoms with van der Waals surface area (Å²) in [6.07, 6.45) is 5.49. The number of nitrogens with zero attached hydrogens (tertiary/aromatic N) is 3. The Morgan fingerprint density at radius 2 is 1.79 bits per heavy atom. The van der Waals surface area contributed by atoms with Gasteiger partial charge in [0.1, 0.15) is 5.65 Å². The van der Waals surface area contributed by atoms with Gasteiger partial charge in [-0.25, -0.2) is 4.52 Å². The molecule has 1 N–H and O–H groups in total. The second-order valence-electron chi connectivity index (χ2n) is 7.15. The minimum absolute atomic E-state index is 0.671. The Morgan fingerprint density at radius 3 is 2.61 bits per heavy atom. The van der Waals surface area contributed by atoms with E-state index >= 15 is 0 Å². The Morgan fingerprint density at radius 1 is 0.964 bits per heavy atom. The number of hydrogen-bond acceptors (Lipinski definition) is 2. The van der Waals surface area contributed by atoms with Crippen LogP contribution in [0.2, 0.25) is 10.0 Å². The highest BCUT2D eigenvalue weighted by molar-refractivity contribution is 6.33. The average Bonchev–Trinajstić information content (AvgIpc) is 3.11. The van der Waals surface area contributed by atoms with E-state index in [9.17, 15) is 0 Å². The maximum Gasteiger partial charge on any atom is 0.150 e. The minimum Gasteiger partial charge on any atom is -0.378 e. The van der Waals surface area contributed by atoms with Gasteiger partial charge in [-0.05, 0) is 49.6 Å². The highest BCUT2D eigenvalue weighted by Crippen LogP contribution is 2.36. The smallest absolute Gasteiger partial charge is 0.150 e. The van der Waals surface area contributed by atoms with Gasteiger partial charge in [-0.3, -0.25) is 0 Å². The Balaban J connectivity index is 1.54. The zero-order valence-corrected chi connectivity index (χ0v) is 16.8. The van der Waals surface area contributed by atoms with Crippen LogP contribution in [0.1, 0.15) is 24.2 Å². The molecule has 142 valence electrons. The molecule has 0 saturated heterocycles. The number of aryl methyl sites for hydroxylation is 2. The molecular weight excluding hydrogens is 391 g/mol. The first kappa shape index (κ1) is 17.7. The number of halogens is 2. The molecular formula is C22H20Cl2N4. The van der Waals surface area contributed by atoms with Gasteiger partial charge in [0.15, 0.2) is 5.82 Å². The van der Waals surface area contributed by atoms with Gasteiger partial charge in [-0.2, -0.15) is 5.10 Å². The van der Waals surface area contributed by atoms with Gasteiger partial charge in [0, 0.05) is 45.2 Å². The van der Waals surface area contributed by atoms with Crippen molar-refractivity contribution >= 4 is 34.5 Å². The molecule has 5 rings (SSSR count). The minimum atomic E-state index is 0.671. The van der Waals surface area contributed by atoms with Crippen LogP contribution in [0.3, 0.4) is 0 Å². The topological polar surface area (TPSA) is 34.3 Å². The van der Waals surface area contributed by atoms with Crippen LogP contribution in [0.15, 0.2) is 54.7 Å². The van der Waals surface area contributed by atoms with Gasteiger partial charge in [-0.1, -0.05) is 41.4 Å². The predicted octanol–water partition coefficient (Wildman–Crippen LogP) is 6.06. The predicted molar refractivity (Wildman–Crippen MR) is 115 cm³/mol. The summed E-state index contributed by atoms with van der Waals surface area (Å²) in [6, 6.07) is 15.8. The fraction of sp³-hybridized carbons (Fsp3) is 0.227. The van der Waals surface area contributed by atoms with Gasteiger partial charge in [0.05, 0.1) is 6.54 Å². The molecule has 0 bridgehead atoms. The lowest BCUT2D eigenvalue weighted by molar-refractivity contribution is 0.619. The highest BCUT2D eigenvalue weighted by atomic mass is 35.5. The van der Waals surface area contributed by atoms with E-state index in [0.29, 0.717) is 6.54 Å². The van der Waals surface area contributed by atoms with E-state index in [1.807, 2.05) is 47.0 Å². The third-order valence-corrected chi connectivity index (χ3v) is 5.95. The Bertz CT molecular complexity index is 1140. The van der Waals surface area contributed by atoms with Crippen LogP contribution in [-0.4, -0.2) is 14.2 Å². The standard InChI is InChI=1S/C22H20Cl2N4/c23-15-8-10-16(11-9-15)25-13-21-26-28-14-19(17-5-1-2-7-20(17)24)18-6-3-4-12-27(21)22(18)28/h1-2,5,7-11,14,25H,3-4,6,12-13H2. The lowest BCUT2D eigenvalue weighted by atomic mass is 10.0. The molecule has 0 spiro atoms. The summed E-state index contributed by atoms with van der Waals surface area (Å²) in [7, 11) is 0. The van der Waals surface area contributed by atoms with E-state index in [0.717, 1.165) is 46.5 Å². The van der Waals surface area contributed by atoms with Crippen LogP contribution in [0.4, 0.5) is 5.69 Å². The van der Waals surface area contributed by atoms with Crippen molar-refractivity contribution in [3.05, 3.63) is 76.2 Å². The molecule has 0 radical (unpaired) electrons. The van der Waals surface area contributed by atoms with Crippen LogP contribution in [0.5, 0.6) is 0 Å². The summed E-state index contributed by atoms with van der Waals surface area (Å²) < 4.78 is 4.38. The normalized spacial score (nSPS) is 13.6. The quantitative estimate of drug-likeness (QED) is 0.443. The van der Waals surface area contributed by atoms with Crippen molar-refractivity contribution in [2.45, 2.75) is 32.4 Å². The first-order valence-corrected chi connectivity index (χ1v) is 10.3. The average molecular weight is 411 g/mol. The monoisotopic (exact) mass is 410 g/mol. The van der Waals surface area contributed by atoms with Crippen LogP contribution < -0.4 is 5.32 Å². The molecule has 0 fully saturated rings. The largest absolute Gasteiger partial charge is 0.378 e. The molecule has 2 aromatic carbocycles. The van der Waals surface area contributed by atoms with Crippen LogP contribution in [0, 0.1) is 0 Å². The van der Waals surface area contributed by atoms with Gasteiger partial charge >= 0.3 is 0 Å². The van der Waals surface area contributed by atoms with E-state index in [-0.39, 0.29) is 0 Å². The van der Waals surface area contributed by atoms with Crippen LogP contribution >= 0.6 is 23.2 Å². The zero-order chi connectivity index (χ0) is 19.1. The van der Waals surface area contributed by atoms with E-state index in [1.165, 1.54) is 23.2 Å². The lowest BCUT2D eigenvalue weighted by Gasteiger charge is -2.09. The summed E-state index contributed by atoms with van der Waals surface area (Å²) in [6.45, 7) is 1.66. The Kier molecular flexibility index (Phi) is 4.53. The van der Waals surface area contributed by atoms with E-state index < -0.39 is 0 Å². The second kappa shape index (κ2) is 7.19. The Hall–Kier alpha value is -2.43. The fourth-order valence-electron chi connectivity index (χ4n) is 4.03. The molecule has 2 aromatic heterocycles. The first-order valence-electron chi connectivity index (χ1n) is 9.54. The highest BCUT2D eigenvalue weighted by Gasteiger charge is 2.22. The maximum atomic E-state index is 6.48. The van der Waals surface area contributed by atoms with Gasteiger partial charge in [0.2, 0.25) is 0 Å². The molecule has 1 aliphatic heterocycles. The van der Waals surface area contributed by atoms with Crippen LogP contribution in [0.25, 0.3) is 16.8 Å².